The summed E-state index contributed by atoms with van der Waals surface area (Å²) in [6.45, 7) is 0. The van der Waals surface area contributed by atoms with E-state index in [0.29, 0.717) is 11.5 Å². The molecular formula is C17H17N3O2. The van der Waals surface area contributed by atoms with Crippen LogP contribution in [0, 0.1) is 0 Å². The molecule has 0 saturated heterocycles. The van der Waals surface area contributed by atoms with Gasteiger partial charge in [0.05, 0.1) is 31.6 Å². The summed E-state index contributed by atoms with van der Waals surface area (Å²) in [6.07, 6.45) is 1.76. The minimum Gasteiger partial charge on any atom is -0.493 e. The molecule has 5 nitrogen and oxygen atoms in total. The number of methoxy groups -OCH3 is 2. The lowest BCUT2D eigenvalue weighted by molar-refractivity contribution is 0.355. The summed E-state index contributed by atoms with van der Waals surface area (Å²) in [4.78, 5) is 2.05. The van der Waals surface area contributed by atoms with Crippen molar-refractivity contribution in [1.29, 1.82) is 0 Å². The molecule has 0 saturated carbocycles. The monoisotopic (exact) mass is 295 g/mol. The van der Waals surface area contributed by atoms with Crippen LogP contribution in [0.4, 0.5) is 11.4 Å². The zero-order valence-corrected chi connectivity index (χ0v) is 12.8. The Labute approximate surface area is 129 Å². The molecule has 0 atom stereocenters. The number of fused-ring (bicyclic) bond motifs is 1. The number of nitrogens with zero attached hydrogens (tertiary/aromatic N) is 3. The van der Waals surface area contributed by atoms with Gasteiger partial charge in [0.25, 0.3) is 0 Å². The zero-order valence-electron chi connectivity index (χ0n) is 12.8. The van der Waals surface area contributed by atoms with Crippen LogP contribution in [0.25, 0.3) is 10.9 Å². The van der Waals surface area contributed by atoms with Gasteiger partial charge in [0.2, 0.25) is 0 Å². The standard InChI is InChI=1S/C17H17N3O2/c1-20(12-8-9-16(21-2)17(10-12)22-3)15-11-18-19-14-7-5-4-6-13(14)15/h4-11H,1-3H3. The van der Waals surface area contributed by atoms with Crippen molar-refractivity contribution in [2.45, 2.75) is 0 Å². The first kappa shape index (κ1) is 14.1. The first-order valence-electron chi connectivity index (χ1n) is 6.91. The molecule has 0 aliphatic carbocycles. The topological polar surface area (TPSA) is 47.5 Å². The Balaban J connectivity index is 2.08. The lowest BCUT2D eigenvalue weighted by Crippen LogP contribution is -2.11. The maximum absolute atomic E-state index is 5.37. The molecule has 1 heterocycles. The van der Waals surface area contributed by atoms with E-state index in [2.05, 4.69) is 15.1 Å². The van der Waals surface area contributed by atoms with Gasteiger partial charge in [-0.3, -0.25) is 0 Å². The molecule has 3 rings (SSSR count). The van der Waals surface area contributed by atoms with Crippen LogP contribution >= 0.6 is 0 Å². The molecule has 1 aromatic heterocycles. The number of anilines is 2. The van der Waals surface area contributed by atoms with E-state index in [1.165, 1.54) is 0 Å². The van der Waals surface area contributed by atoms with Gasteiger partial charge in [-0.2, -0.15) is 10.2 Å². The molecule has 0 fully saturated rings. The Hall–Kier alpha value is -2.82. The van der Waals surface area contributed by atoms with Crippen molar-refractivity contribution in [3.05, 3.63) is 48.7 Å². The van der Waals surface area contributed by atoms with Crippen LogP contribution in [0.3, 0.4) is 0 Å². The van der Waals surface area contributed by atoms with Gasteiger partial charge >= 0.3 is 0 Å². The summed E-state index contributed by atoms with van der Waals surface area (Å²) in [7, 11) is 5.25. The highest BCUT2D eigenvalue weighted by Gasteiger charge is 2.12. The maximum Gasteiger partial charge on any atom is 0.162 e. The molecule has 0 radical (unpaired) electrons. The average Bonchev–Trinajstić information content (AvgIpc) is 2.60. The fourth-order valence-corrected chi connectivity index (χ4v) is 2.43. The number of aromatic nitrogens is 2. The van der Waals surface area contributed by atoms with Crippen LogP contribution in [0.2, 0.25) is 0 Å². The van der Waals surface area contributed by atoms with Gasteiger partial charge < -0.3 is 14.4 Å². The largest absolute Gasteiger partial charge is 0.493 e. The molecule has 0 aliphatic rings. The minimum absolute atomic E-state index is 0.693. The first-order chi connectivity index (χ1) is 10.7. The minimum atomic E-state index is 0.693. The van der Waals surface area contributed by atoms with E-state index in [0.717, 1.165) is 22.3 Å². The van der Waals surface area contributed by atoms with E-state index in [1.54, 1.807) is 20.4 Å². The second kappa shape index (κ2) is 5.89. The predicted molar refractivity (Wildman–Crippen MR) is 87.1 cm³/mol. The van der Waals surface area contributed by atoms with Gasteiger partial charge in [-0.15, -0.1) is 0 Å². The Kier molecular flexibility index (Phi) is 3.78. The zero-order chi connectivity index (χ0) is 15.5. The van der Waals surface area contributed by atoms with Gasteiger partial charge in [0.1, 0.15) is 0 Å². The van der Waals surface area contributed by atoms with E-state index < -0.39 is 0 Å². The summed E-state index contributed by atoms with van der Waals surface area (Å²) in [6, 6.07) is 13.8. The van der Waals surface area contributed by atoms with Crippen molar-refractivity contribution in [1.82, 2.24) is 10.2 Å². The van der Waals surface area contributed by atoms with Gasteiger partial charge in [-0.05, 0) is 18.2 Å². The molecule has 0 N–H and O–H groups in total. The van der Waals surface area contributed by atoms with Crippen LogP contribution in [0.15, 0.2) is 48.7 Å². The molecular weight excluding hydrogens is 278 g/mol. The molecule has 0 aliphatic heterocycles. The SMILES string of the molecule is COc1ccc(N(C)c2cnnc3ccccc23)cc1OC. The molecule has 0 spiro atoms. The van der Waals surface area contributed by atoms with Crippen LogP contribution in [-0.4, -0.2) is 31.5 Å². The van der Waals surface area contributed by atoms with E-state index in [-0.39, 0.29) is 0 Å². The molecule has 0 amide bonds. The van der Waals surface area contributed by atoms with E-state index in [4.69, 9.17) is 9.47 Å². The van der Waals surface area contributed by atoms with E-state index in [9.17, 15) is 0 Å². The molecule has 112 valence electrons. The molecule has 5 heteroatoms. The Morgan fingerprint density at radius 2 is 1.73 bits per heavy atom. The summed E-state index contributed by atoms with van der Waals surface area (Å²) in [5.74, 6) is 1.40. The molecule has 0 unspecified atom stereocenters. The second-order valence-electron chi connectivity index (χ2n) is 4.85. The number of hydrogen-bond donors (Lipinski definition) is 0. The van der Waals surface area contributed by atoms with Crippen molar-refractivity contribution >= 4 is 22.3 Å². The lowest BCUT2D eigenvalue weighted by Gasteiger charge is -2.21. The molecule has 3 aromatic rings. The van der Waals surface area contributed by atoms with Crippen molar-refractivity contribution in [2.24, 2.45) is 0 Å². The Morgan fingerprint density at radius 1 is 0.955 bits per heavy atom. The van der Waals surface area contributed by atoms with Crippen LogP contribution < -0.4 is 14.4 Å². The lowest BCUT2D eigenvalue weighted by atomic mass is 10.2. The van der Waals surface area contributed by atoms with Crippen LogP contribution in [0.1, 0.15) is 0 Å². The quantitative estimate of drug-likeness (QED) is 0.738. The van der Waals surface area contributed by atoms with Crippen molar-refractivity contribution in [3.63, 3.8) is 0 Å². The van der Waals surface area contributed by atoms with Crippen LogP contribution in [0.5, 0.6) is 11.5 Å². The third kappa shape index (κ3) is 2.41. The third-order valence-corrected chi connectivity index (χ3v) is 3.64. The Bertz CT molecular complexity index is 800. The average molecular weight is 295 g/mol. The number of hydrogen-bond acceptors (Lipinski definition) is 5. The number of benzene rings is 2. The van der Waals surface area contributed by atoms with Gasteiger partial charge in [0.15, 0.2) is 11.5 Å². The molecule has 2 aromatic carbocycles. The van der Waals surface area contributed by atoms with Gasteiger partial charge in [0, 0.05) is 24.2 Å². The highest BCUT2D eigenvalue weighted by Crippen LogP contribution is 2.35. The summed E-state index contributed by atoms with van der Waals surface area (Å²) in [5, 5.41) is 9.30. The van der Waals surface area contributed by atoms with E-state index in [1.807, 2.05) is 49.5 Å². The fourth-order valence-electron chi connectivity index (χ4n) is 2.43. The Morgan fingerprint density at radius 3 is 2.50 bits per heavy atom. The summed E-state index contributed by atoms with van der Waals surface area (Å²) >= 11 is 0. The highest BCUT2D eigenvalue weighted by molar-refractivity contribution is 5.92. The number of ether oxygens (including phenoxy) is 2. The van der Waals surface area contributed by atoms with Crippen LogP contribution in [-0.2, 0) is 0 Å². The first-order valence-corrected chi connectivity index (χ1v) is 6.91. The van der Waals surface area contributed by atoms with Gasteiger partial charge in [-0.1, -0.05) is 18.2 Å². The molecule has 22 heavy (non-hydrogen) atoms. The smallest absolute Gasteiger partial charge is 0.162 e. The van der Waals surface area contributed by atoms with Crippen molar-refractivity contribution < 1.29 is 9.47 Å². The number of rotatable bonds is 4. The van der Waals surface area contributed by atoms with Crippen molar-refractivity contribution in [2.75, 3.05) is 26.2 Å². The normalized spacial score (nSPS) is 10.5. The second-order valence-corrected chi connectivity index (χ2v) is 4.85. The van der Waals surface area contributed by atoms with E-state index >= 15 is 0 Å². The molecule has 0 bridgehead atoms. The predicted octanol–water partition coefficient (Wildman–Crippen LogP) is 3.41. The fraction of sp³-hybridized carbons (Fsp3) is 0.176. The van der Waals surface area contributed by atoms with Crippen molar-refractivity contribution in [3.8, 4) is 11.5 Å². The summed E-state index contributed by atoms with van der Waals surface area (Å²) < 4.78 is 10.7. The maximum atomic E-state index is 5.37. The third-order valence-electron chi connectivity index (χ3n) is 3.64. The highest BCUT2D eigenvalue weighted by atomic mass is 16.5. The van der Waals surface area contributed by atoms with Gasteiger partial charge in [-0.25, -0.2) is 0 Å². The summed E-state index contributed by atoms with van der Waals surface area (Å²) in [5.41, 5.74) is 2.83.